The van der Waals surface area contributed by atoms with E-state index in [2.05, 4.69) is 10.6 Å². The summed E-state index contributed by atoms with van der Waals surface area (Å²) in [6.07, 6.45) is 6.45. The van der Waals surface area contributed by atoms with Gasteiger partial charge in [0.15, 0.2) is 35.2 Å². The van der Waals surface area contributed by atoms with E-state index in [1.165, 1.54) is 0 Å². The highest BCUT2D eigenvalue weighted by molar-refractivity contribution is 5.76. The number of para-hydroxylation sites is 4. The maximum Gasteiger partial charge on any atom is 0.220 e. The Morgan fingerprint density at radius 3 is 1.45 bits per heavy atom. The minimum atomic E-state index is -0.200. The van der Waals surface area contributed by atoms with Crippen LogP contribution in [0.1, 0.15) is 65.2 Å². The molecule has 2 aliphatic rings. The molecule has 2 aromatic carbocycles. The fourth-order valence-electron chi connectivity index (χ4n) is 4.68. The zero-order chi connectivity index (χ0) is 26.7. The molecule has 0 unspecified atom stereocenters. The number of benzene rings is 2. The predicted octanol–water partition coefficient (Wildman–Crippen LogP) is 4.80. The van der Waals surface area contributed by atoms with E-state index in [-0.39, 0.29) is 36.1 Å². The highest BCUT2D eigenvalue weighted by atomic mass is 16.6. The fourth-order valence-corrected chi connectivity index (χ4v) is 4.68. The van der Waals surface area contributed by atoms with Crippen molar-refractivity contribution in [3.63, 3.8) is 0 Å². The second-order valence-corrected chi connectivity index (χ2v) is 10.2. The molecule has 206 valence electrons. The zero-order valence-corrected chi connectivity index (χ0v) is 22.4. The monoisotopic (exact) mass is 524 g/mol. The molecule has 8 nitrogen and oxygen atoms in total. The summed E-state index contributed by atoms with van der Waals surface area (Å²) in [5.74, 6) is 3.01. The fraction of sp³-hybridized carbons (Fsp3) is 0.533. The van der Waals surface area contributed by atoms with E-state index in [9.17, 15) is 9.59 Å². The van der Waals surface area contributed by atoms with Gasteiger partial charge >= 0.3 is 0 Å². The van der Waals surface area contributed by atoms with Crippen molar-refractivity contribution < 1.29 is 28.5 Å². The van der Waals surface area contributed by atoms with Gasteiger partial charge in [-0.2, -0.15) is 0 Å². The lowest BCUT2D eigenvalue weighted by molar-refractivity contribution is -0.123. The van der Waals surface area contributed by atoms with Gasteiger partial charge in [-0.15, -0.1) is 0 Å². The Kier molecular flexibility index (Phi) is 10.1. The second kappa shape index (κ2) is 13.9. The maximum absolute atomic E-state index is 12.3. The van der Waals surface area contributed by atoms with Crippen LogP contribution in [0.25, 0.3) is 0 Å². The molecular weight excluding hydrogens is 484 g/mol. The summed E-state index contributed by atoms with van der Waals surface area (Å²) < 4.78 is 23.4. The molecular formula is C30H40N2O6. The second-order valence-electron chi connectivity index (χ2n) is 10.2. The average Bonchev–Trinajstić information content (AvgIpc) is 2.93. The number of carbonyl (C=O) groups is 2. The van der Waals surface area contributed by atoms with Crippen LogP contribution >= 0.6 is 0 Å². The van der Waals surface area contributed by atoms with E-state index in [1.807, 2.05) is 62.4 Å². The van der Waals surface area contributed by atoms with Crippen LogP contribution in [0.5, 0.6) is 23.0 Å². The molecule has 0 bridgehead atoms. The minimum Gasteiger partial charge on any atom is -0.486 e. The number of rotatable bonds is 13. The van der Waals surface area contributed by atoms with E-state index in [4.69, 9.17) is 18.9 Å². The van der Waals surface area contributed by atoms with Crippen LogP contribution in [0, 0.1) is 0 Å². The molecule has 2 heterocycles. The van der Waals surface area contributed by atoms with Crippen molar-refractivity contribution in [3.05, 3.63) is 48.5 Å². The van der Waals surface area contributed by atoms with Gasteiger partial charge < -0.3 is 29.6 Å². The van der Waals surface area contributed by atoms with E-state index in [0.29, 0.717) is 26.1 Å². The topological polar surface area (TPSA) is 95.1 Å². The molecule has 2 aliphatic heterocycles. The van der Waals surface area contributed by atoms with Gasteiger partial charge in [0.1, 0.15) is 13.2 Å². The molecule has 2 amide bonds. The molecule has 0 fully saturated rings. The standard InChI is InChI=1S/C30H40N2O6/c1-21(27-19-35-23-13-9-11-15-25(23)37-27)31-29(33)17-7-5-3-4-6-8-18-30(34)32-22(2)28-20-36-24-14-10-12-16-26(24)38-28/h9-16,21-22,27-28H,3-8,17-20H2,1-2H3,(H,31,33)(H,32,34)/t21-,22-,27-,28+/m1/s1. The molecule has 0 radical (unpaired) electrons. The third-order valence-corrected chi connectivity index (χ3v) is 7.01. The van der Waals surface area contributed by atoms with Crippen LogP contribution in [0.4, 0.5) is 0 Å². The molecule has 0 saturated heterocycles. The number of nitrogens with one attached hydrogen (secondary N) is 2. The third-order valence-electron chi connectivity index (χ3n) is 7.01. The Bertz CT molecular complexity index is 977. The normalized spacial score (nSPS) is 19.2. The molecule has 0 aliphatic carbocycles. The third kappa shape index (κ3) is 8.04. The van der Waals surface area contributed by atoms with Gasteiger partial charge in [0.2, 0.25) is 11.8 Å². The first-order valence-electron chi connectivity index (χ1n) is 13.9. The zero-order valence-electron chi connectivity index (χ0n) is 22.4. The van der Waals surface area contributed by atoms with Crippen LogP contribution in [0.3, 0.4) is 0 Å². The summed E-state index contributed by atoms with van der Waals surface area (Å²) in [6.45, 7) is 4.75. The molecule has 2 N–H and O–H groups in total. The van der Waals surface area contributed by atoms with E-state index in [0.717, 1.165) is 61.5 Å². The van der Waals surface area contributed by atoms with E-state index < -0.39 is 0 Å². The Morgan fingerprint density at radius 2 is 1.03 bits per heavy atom. The summed E-state index contributed by atoms with van der Waals surface area (Å²) in [6, 6.07) is 14.9. The quantitative estimate of drug-likeness (QED) is 0.366. The highest BCUT2D eigenvalue weighted by Gasteiger charge is 2.28. The highest BCUT2D eigenvalue weighted by Crippen LogP contribution is 2.32. The summed E-state index contributed by atoms with van der Waals surface area (Å²) in [5, 5.41) is 6.09. The number of hydrogen-bond donors (Lipinski definition) is 2. The van der Waals surface area contributed by atoms with Gasteiger partial charge in [0.25, 0.3) is 0 Å². The summed E-state index contributed by atoms with van der Waals surface area (Å²) >= 11 is 0. The minimum absolute atomic E-state index is 0.0431. The van der Waals surface area contributed by atoms with Gasteiger partial charge in [-0.1, -0.05) is 49.9 Å². The summed E-state index contributed by atoms with van der Waals surface area (Å²) in [7, 11) is 0. The predicted molar refractivity (Wildman–Crippen MR) is 145 cm³/mol. The lowest BCUT2D eigenvalue weighted by atomic mass is 10.1. The molecule has 0 aromatic heterocycles. The van der Waals surface area contributed by atoms with Crippen LogP contribution in [-0.4, -0.2) is 49.3 Å². The SMILES string of the molecule is C[C@@H](NC(=O)CCCCCCCCC(=O)N[C@H](C)[C@H]1COc2ccccc2O1)[C@@H]1COc2ccccc2O1. The molecule has 38 heavy (non-hydrogen) atoms. The van der Waals surface area contributed by atoms with Gasteiger partial charge in [0, 0.05) is 12.8 Å². The van der Waals surface area contributed by atoms with Gasteiger partial charge in [-0.3, -0.25) is 9.59 Å². The van der Waals surface area contributed by atoms with Crippen molar-refractivity contribution in [2.45, 2.75) is 89.5 Å². The van der Waals surface area contributed by atoms with Crippen molar-refractivity contribution >= 4 is 11.8 Å². The molecule has 2 aromatic rings. The van der Waals surface area contributed by atoms with Crippen molar-refractivity contribution in [1.82, 2.24) is 10.6 Å². The first-order valence-corrected chi connectivity index (χ1v) is 13.9. The molecule has 8 heteroatoms. The van der Waals surface area contributed by atoms with Crippen molar-refractivity contribution in [1.29, 1.82) is 0 Å². The smallest absolute Gasteiger partial charge is 0.220 e. The van der Waals surface area contributed by atoms with E-state index >= 15 is 0 Å². The Labute approximate surface area is 225 Å². The Hall–Kier alpha value is -3.42. The van der Waals surface area contributed by atoms with Gasteiger partial charge in [-0.25, -0.2) is 0 Å². The maximum atomic E-state index is 12.3. The number of ether oxygens (including phenoxy) is 4. The van der Waals surface area contributed by atoms with Crippen LogP contribution < -0.4 is 29.6 Å². The van der Waals surface area contributed by atoms with Crippen molar-refractivity contribution in [2.24, 2.45) is 0 Å². The Morgan fingerprint density at radius 1 is 0.658 bits per heavy atom. The van der Waals surface area contributed by atoms with Crippen molar-refractivity contribution in [2.75, 3.05) is 13.2 Å². The molecule has 4 atom stereocenters. The van der Waals surface area contributed by atoms with Crippen LogP contribution in [0.2, 0.25) is 0 Å². The molecule has 0 spiro atoms. The number of hydrogen-bond acceptors (Lipinski definition) is 6. The summed E-state index contributed by atoms with van der Waals surface area (Å²) in [5.41, 5.74) is 0. The Balaban J connectivity index is 1.000. The average molecular weight is 525 g/mol. The van der Waals surface area contributed by atoms with Crippen molar-refractivity contribution in [3.8, 4) is 23.0 Å². The first-order chi connectivity index (χ1) is 18.5. The molecule has 4 rings (SSSR count). The summed E-state index contributed by atoms with van der Waals surface area (Å²) in [4.78, 5) is 24.7. The lowest BCUT2D eigenvalue weighted by Gasteiger charge is -2.30. The lowest BCUT2D eigenvalue weighted by Crippen LogP contribution is -2.48. The van der Waals surface area contributed by atoms with Crippen LogP contribution in [0.15, 0.2) is 48.5 Å². The molecule has 0 saturated carbocycles. The first kappa shape index (κ1) is 27.6. The number of unbranched alkanes of at least 4 members (excludes halogenated alkanes) is 5. The van der Waals surface area contributed by atoms with Gasteiger partial charge in [0.05, 0.1) is 12.1 Å². The largest absolute Gasteiger partial charge is 0.486 e. The number of carbonyl (C=O) groups excluding carboxylic acids is 2. The van der Waals surface area contributed by atoms with Gasteiger partial charge in [-0.05, 0) is 51.0 Å². The van der Waals surface area contributed by atoms with Crippen LogP contribution in [-0.2, 0) is 9.59 Å². The van der Waals surface area contributed by atoms with E-state index in [1.54, 1.807) is 0 Å². The number of amides is 2. The number of fused-ring (bicyclic) bond motifs is 2.